The van der Waals surface area contributed by atoms with Crippen LogP contribution in [0.1, 0.15) is 25.0 Å². The molecule has 23 heavy (non-hydrogen) atoms. The highest BCUT2D eigenvalue weighted by molar-refractivity contribution is 5.95. The van der Waals surface area contributed by atoms with Crippen molar-refractivity contribution >= 4 is 11.6 Å². The molecule has 0 saturated heterocycles. The van der Waals surface area contributed by atoms with Crippen molar-refractivity contribution in [2.75, 3.05) is 27.4 Å². The predicted molar refractivity (Wildman–Crippen MR) is 88.5 cm³/mol. The van der Waals surface area contributed by atoms with Crippen molar-refractivity contribution < 1.29 is 19.4 Å². The number of hydrogen-bond acceptors (Lipinski definition) is 5. The summed E-state index contributed by atoms with van der Waals surface area (Å²) in [4.78, 5) is 12.0. The fourth-order valence-corrected chi connectivity index (χ4v) is 2.75. The maximum atomic E-state index is 12.0. The molecule has 0 fully saturated rings. The van der Waals surface area contributed by atoms with Crippen LogP contribution in [0.25, 0.3) is 5.70 Å². The van der Waals surface area contributed by atoms with Crippen molar-refractivity contribution in [3.05, 3.63) is 29.3 Å². The third kappa shape index (κ3) is 3.96. The summed E-state index contributed by atoms with van der Waals surface area (Å²) in [7, 11) is 3.19. The Morgan fingerprint density at radius 3 is 2.61 bits per heavy atom. The van der Waals surface area contributed by atoms with Crippen molar-refractivity contribution in [3.8, 4) is 11.5 Å². The lowest BCUT2D eigenvalue weighted by Crippen LogP contribution is -2.44. The third-order valence-corrected chi connectivity index (χ3v) is 3.69. The molecule has 1 aromatic rings. The number of rotatable bonds is 5. The minimum absolute atomic E-state index is 0.0879. The van der Waals surface area contributed by atoms with Crippen molar-refractivity contribution in [3.63, 3.8) is 0 Å². The van der Waals surface area contributed by atoms with Crippen LogP contribution in [0.3, 0.4) is 0 Å². The normalized spacial score (nSPS) is 17.2. The van der Waals surface area contributed by atoms with Gasteiger partial charge in [0, 0.05) is 29.4 Å². The summed E-state index contributed by atoms with van der Waals surface area (Å²) in [5, 5.41) is 14.8. The first-order valence-electron chi connectivity index (χ1n) is 7.54. The lowest BCUT2D eigenvalue weighted by atomic mass is 9.85. The topological polar surface area (TPSA) is 79.8 Å². The highest BCUT2D eigenvalue weighted by atomic mass is 16.5. The molecule has 3 N–H and O–H groups in total. The molecule has 6 heteroatoms. The first-order chi connectivity index (χ1) is 10.9. The molecule has 2 rings (SSSR count). The average molecular weight is 320 g/mol. The molecule has 126 valence electrons. The molecule has 1 amide bonds. The number of ether oxygens (including phenoxy) is 2. The maximum Gasteiger partial charge on any atom is 0.246 e. The highest BCUT2D eigenvalue weighted by Crippen LogP contribution is 2.37. The minimum Gasteiger partial charge on any atom is -0.493 e. The van der Waals surface area contributed by atoms with E-state index in [1.807, 2.05) is 12.1 Å². The Morgan fingerprint density at radius 1 is 1.35 bits per heavy atom. The number of benzene rings is 1. The van der Waals surface area contributed by atoms with Crippen LogP contribution in [-0.4, -0.2) is 43.9 Å². The van der Waals surface area contributed by atoms with Crippen molar-refractivity contribution in [1.82, 2.24) is 10.6 Å². The third-order valence-electron chi connectivity index (χ3n) is 3.69. The lowest BCUT2D eigenvalue weighted by molar-refractivity contribution is -0.116. The Kier molecular flexibility index (Phi) is 5.15. The number of fused-ring (bicyclic) bond motifs is 1. The van der Waals surface area contributed by atoms with E-state index >= 15 is 0 Å². The van der Waals surface area contributed by atoms with Crippen LogP contribution in [0.2, 0.25) is 0 Å². The van der Waals surface area contributed by atoms with E-state index in [9.17, 15) is 4.79 Å². The van der Waals surface area contributed by atoms with E-state index in [1.54, 1.807) is 14.2 Å². The molecule has 0 unspecified atom stereocenters. The van der Waals surface area contributed by atoms with E-state index < -0.39 is 0 Å². The zero-order chi connectivity index (χ0) is 17.0. The van der Waals surface area contributed by atoms with Gasteiger partial charge in [0.2, 0.25) is 5.91 Å². The second-order valence-corrected chi connectivity index (χ2v) is 6.12. The summed E-state index contributed by atoms with van der Waals surface area (Å²) in [6.07, 6.45) is 2.32. The zero-order valence-corrected chi connectivity index (χ0v) is 14.0. The summed E-state index contributed by atoms with van der Waals surface area (Å²) in [5.74, 6) is 1.04. The van der Waals surface area contributed by atoms with Gasteiger partial charge in [0.05, 0.1) is 20.8 Å². The summed E-state index contributed by atoms with van der Waals surface area (Å²) >= 11 is 0. The zero-order valence-electron chi connectivity index (χ0n) is 14.0. The predicted octanol–water partition coefficient (Wildman–Crippen LogP) is 1.08. The van der Waals surface area contributed by atoms with E-state index in [4.69, 9.17) is 14.6 Å². The van der Waals surface area contributed by atoms with Crippen LogP contribution in [-0.2, 0) is 11.2 Å². The van der Waals surface area contributed by atoms with Gasteiger partial charge in [-0.05, 0) is 38.0 Å². The van der Waals surface area contributed by atoms with Crippen LogP contribution >= 0.6 is 0 Å². The monoisotopic (exact) mass is 320 g/mol. The molecular weight excluding hydrogens is 296 g/mol. The molecular formula is C17H24N2O4. The Labute approximate surface area is 136 Å². The second-order valence-electron chi connectivity index (χ2n) is 6.12. The summed E-state index contributed by atoms with van der Waals surface area (Å²) in [5.41, 5.74) is 2.55. The molecule has 1 aromatic carbocycles. The van der Waals surface area contributed by atoms with Gasteiger partial charge in [0.1, 0.15) is 0 Å². The number of hydrogen-bond donors (Lipinski definition) is 3. The van der Waals surface area contributed by atoms with E-state index in [0.717, 1.165) is 23.2 Å². The summed E-state index contributed by atoms with van der Waals surface area (Å²) < 4.78 is 10.7. The fraction of sp³-hybridized carbons (Fsp3) is 0.471. The largest absolute Gasteiger partial charge is 0.493 e. The van der Waals surface area contributed by atoms with Gasteiger partial charge >= 0.3 is 0 Å². The summed E-state index contributed by atoms with van der Waals surface area (Å²) in [6, 6.07) is 3.83. The van der Waals surface area contributed by atoms with Crippen LogP contribution < -0.4 is 20.1 Å². The van der Waals surface area contributed by atoms with E-state index in [2.05, 4.69) is 24.5 Å². The van der Waals surface area contributed by atoms with E-state index in [0.29, 0.717) is 11.5 Å². The number of methoxy groups -OCH3 is 2. The first kappa shape index (κ1) is 17.1. The van der Waals surface area contributed by atoms with Gasteiger partial charge in [-0.2, -0.15) is 0 Å². The van der Waals surface area contributed by atoms with Crippen LogP contribution in [0, 0.1) is 0 Å². The standard InChI is InChI=1S/C17H24N2O4/c1-17(2)10-11-7-14(22-3)15(23-4)8-12(11)13(19-17)9-16(21)18-5-6-20/h7-9,19-20H,5-6,10H2,1-4H3,(H,18,21). The molecule has 0 bridgehead atoms. The van der Waals surface area contributed by atoms with Gasteiger partial charge < -0.3 is 25.2 Å². The Balaban J connectivity index is 2.46. The Bertz CT molecular complexity index is 623. The number of carbonyl (C=O) groups excluding carboxylic acids is 1. The van der Waals surface area contributed by atoms with Crippen LogP contribution in [0.15, 0.2) is 18.2 Å². The minimum atomic E-state index is -0.250. The average Bonchev–Trinajstić information content (AvgIpc) is 2.50. The SMILES string of the molecule is COc1cc2c(cc1OC)C(=CC(=O)NCCO)NC(C)(C)C2. The van der Waals surface area contributed by atoms with Crippen LogP contribution in [0.5, 0.6) is 11.5 Å². The number of aliphatic hydroxyl groups excluding tert-OH is 1. The lowest BCUT2D eigenvalue weighted by Gasteiger charge is -2.36. The van der Waals surface area contributed by atoms with Crippen molar-refractivity contribution in [2.24, 2.45) is 0 Å². The molecule has 1 aliphatic heterocycles. The molecule has 1 aliphatic rings. The van der Waals surface area contributed by atoms with E-state index in [1.165, 1.54) is 6.08 Å². The second kappa shape index (κ2) is 6.91. The molecule has 6 nitrogen and oxygen atoms in total. The Hall–Kier alpha value is -2.21. The van der Waals surface area contributed by atoms with Crippen molar-refractivity contribution in [1.29, 1.82) is 0 Å². The molecule has 0 radical (unpaired) electrons. The van der Waals surface area contributed by atoms with Gasteiger partial charge in [-0.3, -0.25) is 4.79 Å². The van der Waals surface area contributed by atoms with Gasteiger partial charge in [0.25, 0.3) is 0 Å². The van der Waals surface area contributed by atoms with Gasteiger partial charge in [-0.15, -0.1) is 0 Å². The number of aliphatic hydroxyl groups is 1. The van der Waals surface area contributed by atoms with Gasteiger partial charge in [-0.1, -0.05) is 0 Å². The Morgan fingerprint density at radius 2 is 2.00 bits per heavy atom. The molecule has 0 saturated carbocycles. The highest BCUT2D eigenvalue weighted by Gasteiger charge is 2.29. The maximum absolute atomic E-state index is 12.0. The molecule has 0 aliphatic carbocycles. The van der Waals surface area contributed by atoms with Crippen LogP contribution in [0.4, 0.5) is 0 Å². The molecule has 0 spiro atoms. The fourth-order valence-electron chi connectivity index (χ4n) is 2.75. The number of carbonyl (C=O) groups is 1. The molecule has 0 atom stereocenters. The van der Waals surface area contributed by atoms with Gasteiger partial charge in [0.15, 0.2) is 11.5 Å². The first-order valence-corrected chi connectivity index (χ1v) is 7.54. The molecule has 1 heterocycles. The smallest absolute Gasteiger partial charge is 0.246 e. The molecule has 0 aromatic heterocycles. The van der Waals surface area contributed by atoms with E-state index in [-0.39, 0.29) is 24.6 Å². The summed E-state index contributed by atoms with van der Waals surface area (Å²) in [6.45, 7) is 4.29. The number of amides is 1. The van der Waals surface area contributed by atoms with Gasteiger partial charge in [-0.25, -0.2) is 0 Å². The number of nitrogens with one attached hydrogen (secondary N) is 2. The quantitative estimate of drug-likeness (QED) is 0.708. The van der Waals surface area contributed by atoms with Crippen molar-refractivity contribution in [2.45, 2.75) is 25.8 Å².